The summed E-state index contributed by atoms with van der Waals surface area (Å²) in [6.45, 7) is 16.0. The molecule has 4 nitrogen and oxygen atoms in total. The summed E-state index contributed by atoms with van der Waals surface area (Å²) in [5, 5.41) is 0. The van der Waals surface area contributed by atoms with Crippen LogP contribution in [0.5, 0.6) is 11.6 Å². The van der Waals surface area contributed by atoms with Crippen molar-refractivity contribution >= 4 is 0 Å². The molecule has 0 unspecified atom stereocenters. The lowest BCUT2D eigenvalue weighted by atomic mass is 9.96. The van der Waals surface area contributed by atoms with E-state index in [0.29, 0.717) is 36.7 Å². The van der Waals surface area contributed by atoms with Crippen molar-refractivity contribution < 1.29 is 13.9 Å². The molecule has 0 fully saturated rings. The average Bonchev–Trinajstić information content (AvgIpc) is 2.81. The Kier molecular flexibility index (Phi) is 8.67. The Morgan fingerprint density at radius 3 is 2.35 bits per heavy atom. The van der Waals surface area contributed by atoms with Gasteiger partial charge in [0.2, 0.25) is 5.88 Å². The topological polar surface area (TPSA) is 34.6 Å². The van der Waals surface area contributed by atoms with Gasteiger partial charge in [0.05, 0.1) is 13.3 Å². The van der Waals surface area contributed by atoms with Gasteiger partial charge in [0, 0.05) is 30.3 Å². The molecule has 1 radical (unpaired) electrons. The van der Waals surface area contributed by atoms with Crippen molar-refractivity contribution in [3.8, 4) is 22.8 Å². The van der Waals surface area contributed by atoms with Gasteiger partial charge in [0.25, 0.3) is 0 Å². The van der Waals surface area contributed by atoms with Gasteiger partial charge in [0.15, 0.2) is 0 Å². The van der Waals surface area contributed by atoms with E-state index in [1.54, 1.807) is 6.07 Å². The predicted octanol–water partition coefficient (Wildman–Crippen LogP) is 7.03. The molecule has 0 N–H and O–H groups in total. The van der Waals surface area contributed by atoms with Gasteiger partial charge in [-0.05, 0) is 74.9 Å². The number of hydrogen-bond acceptors (Lipinski definition) is 4. The maximum absolute atomic E-state index is 14.8. The second-order valence-electron chi connectivity index (χ2n) is 9.32. The molecule has 0 saturated heterocycles. The van der Waals surface area contributed by atoms with Gasteiger partial charge >= 0.3 is 0 Å². The Morgan fingerprint density at radius 1 is 0.971 bits per heavy atom. The number of pyridine rings is 1. The second kappa shape index (κ2) is 11.5. The molecule has 5 heteroatoms. The highest BCUT2D eigenvalue weighted by atomic mass is 19.1. The molecule has 3 rings (SSSR count). The van der Waals surface area contributed by atoms with Crippen molar-refractivity contribution in [3.63, 3.8) is 0 Å². The predicted molar refractivity (Wildman–Crippen MR) is 137 cm³/mol. The average molecular weight is 464 g/mol. The standard InChI is InChI=1S/C29H36FN2O2/c1-19(2)23-9-8-10-25(14-23)34-18-22-11-12-26(27-15-29(33-7)31-16-28(27)30)24(13-22)17-32(20(3)4)21(5)6/h8-16,19-21H,1,17-18H2,2-7H3/t19-/m0/s1. The first kappa shape index (κ1) is 25.7. The van der Waals surface area contributed by atoms with Gasteiger partial charge in [-0.25, -0.2) is 9.37 Å². The monoisotopic (exact) mass is 463 g/mol. The molecular weight excluding hydrogens is 427 g/mol. The van der Waals surface area contributed by atoms with Gasteiger partial charge in [-0.2, -0.15) is 0 Å². The number of aromatic nitrogens is 1. The molecular formula is C29H36FN2O2. The van der Waals surface area contributed by atoms with Crippen LogP contribution in [0, 0.1) is 12.7 Å². The summed E-state index contributed by atoms with van der Waals surface area (Å²) in [5.41, 5.74) is 4.52. The molecule has 0 bridgehead atoms. The zero-order chi connectivity index (χ0) is 24.8. The molecule has 0 aliphatic rings. The van der Waals surface area contributed by atoms with Crippen LogP contribution in [-0.2, 0) is 13.2 Å². The molecule has 0 amide bonds. The largest absolute Gasteiger partial charge is 0.489 e. The Morgan fingerprint density at radius 2 is 1.71 bits per heavy atom. The molecule has 3 aromatic rings. The van der Waals surface area contributed by atoms with Crippen LogP contribution in [0.4, 0.5) is 4.39 Å². The lowest BCUT2D eigenvalue weighted by Gasteiger charge is -2.31. The molecule has 0 aliphatic heterocycles. The van der Waals surface area contributed by atoms with Crippen LogP contribution in [-0.4, -0.2) is 29.1 Å². The van der Waals surface area contributed by atoms with E-state index in [1.807, 2.05) is 30.3 Å². The lowest BCUT2D eigenvalue weighted by molar-refractivity contribution is 0.166. The number of nitrogens with zero attached hydrogens (tertiary/aromatic N) is 2. The first-order valence-corrected chi connectivity index (χ1v) is 11.8. The summed E-state index contributed by atoms with van der Waals surface area (Å²) in [4.78, 5) is 6.39. The quantitative estimate of drug-likeness (QED) is 0.323. The fourth-order valence-electron chi connectivity index (χ4n) is 4.10. The van der Waals surface area contributed by atoms with Crippen molar-refractivity contribution in [2.45, 2.75) is 65.8 Å². The molecule has 2 aromatic carbocycles. The van der Waals surface area contributed by atoms with E-state index in [-0.39, 0.29) is 11.7 Å². The molecule has 1 atom stereocenters. The lowest BCUT2D eigenvalue weighted by Crippen LogP contribution is -2.36. The number of ether oxygens (including phenoxy) is 2. The normalized spacial score (nSPS) is 11.6. The zero-order valence-corrected chi connectivity index (χ0v) is 21.1. The maximum atomic E-state index is 14.8. The number of halogens is 1. The Labute approximate surface area is 203 Å². The van der Waals surface area contributed by atoms with E-state index in [2.05, 4.69) is 63.6 Å². The molecule has 1 aromatic heterocycles. The first-order chi connectivity index (χ1) is 16.2. The maximum Gasteiger partial charge on any atom is 0.213 e. The second-order valence-corrected chi connectivity index (χ2v) is 9.32. The third-order valence-electron chi connectivity index (χ3n) is 6.01. The van der Waals surface area contributed by atoms with Crippen LogP contribution < -0.4 is 9.47 Å². The minimum Gasteiger partial charge on any atom is -0.489 e. The van der Waals surface area contributed by atoms with Crippen molar-refractivity contribution in [2.24, 2.45) is 0 Å². The van der Waals surface area contributed by atoms with Gasteiger partial charge in [-0.1, -0.05) is 37.3 Å². The summed E-state index contributed by atoms with van der Waals surface area (Å²) in [6.07, 6.45) is 1.22. The molecule has 0 spiro atoms. The smallest absolute Gasteiger partial charge is 0.213 e. The summed E-state index contributed by atoms with van der Waals surface area (Å²) in [7, 11) is 1.54. The van der Waals surface area contributed by atoms with Crippen LogP contribution in [0.2, 0.25) is 0 Å². The third-order valence-corrected chi connectivity index (χ3v) is 6.01. The fourth-order valence-corrected chi connectivity index (χ4v) is 4.10. The van der Waals surface area contributed by atoms with Gasteiger partial charge < -0.3 is 9.47 Å². The molecule has 0 aliphatic carbocycles. The number of benzene rings is 2. The Bertz CT molecular complexity index is 1090. The van der Waals surface area contributed by atoms with Gasteiger partial charge in [-0.3, -0.25) is 4.90 Å². The SMILES string of the molecule is [CH2][C@@H](C)c1cccc(OCc2ccc(-c3cc(OC)ncc3F)c(CN(C(C)C)C(C)C)c2)c1. The van der Waals surface area contributed by atoms with Crippen LogP contribution in [0.15, 0.2) is 54.7 Å². The van der Waals surface area contributed by atoms with E-state index in [9.17, 15) is 4.39 Å². The highest BCUT2D eigenvalue weighted by molar-refractivity contribution is 5.69. The number of rotatable bonds is 10. The van der Waals surface area contributed by atoms with Crippen molar-refractivity contribution in [1.82, 2.24) is 9.88 Å². The van der Waals surface area contributed by atoms with Crippen LogP contribution >= 0.6 is 0 Å². The van der Waals surface area contributed by atoms with E-state index in [4.69, 9.17) is 9.47 Å². The minimum atomic E-state index is -0.370. The Hall–Kier alpha value is -2.92. The summed E-state index contributed by atoms with van der Waals surface area (Å²) < 4.78 is 26.2. The number of hydrogen-bond donors (Lipinski definition) is 0. The van der Waals surface area contributed by atoms with E-state index >= 15 is 0 Å². The van der Waals surface area contributed by atoms with Crippen LogP contribution in [0.25, 0.3) is 11.1 Å². The van der Waals surface area contributed by atoms with Crippen molar-refractivity contribution in [1.29, 1.82) is 0 Å². The van der Waals surface area contributed by atoms with Crippen LogP contribution in [0.1, 0.15) is 57.2 Å². The third kappa shape index (κ3) is 6.35. The highest BCUT2D eigenvalue weighted by Crippen LogP contribution is 2.31. The van der Waals surface area contributed by atoms with E-state index in [0.717, 1.165) is 28.0 Å². The number of methoxy groups -OCH3 is 1. The summed E-state index contributed by atoms with van der Waals surface area (Å²) in [5.74, 6) is 1.03. The molecule has 1 heterocycles. The van der Waals surface area contributed by atoms with E-state index < -0.39 is 0 Å². The first-order valence-electron chi connectivity index (χ1n) is 11.8. The molecule has 34 heavy (non-hydrogen) atoms. The van der Waals surface area contributed by atoms with Crippen molar-refractivity contribution in [3.05, 3.63) is 84.2 Å². The summed E-state index contributed by atoms with van der Waals surface area (Å²) >= 11 is 0. The summed E-state index contributed by atoms with van der Waals surface area (Å²) in [6, 6.07) is 16.5. The molecule has 0 saturated carbocycles. The van der Waals surface area contributed by atoms with E-state index in [1.165, 1.54) is 13.3 Å². The van der Waals surface area contributed by atoms with Crippen molar-refractivity contribution in [2.75, 3.05) is 7.11 Å². The fraction of sp³-hybridized carbons (Fsp3) is 0.379. The minimum absolute atomic E-state index is 0.194. The Balaban J connectivity index is 1.96. The zero-order valence-electron chi connectivity index (χ0n) is 21.1. The highest BCUT2D eigenvalue weighted by Gasteiger charge is 2.19. The van der Waals surface area contributed by atoms with Crippen LogP contribution in [0.3, 0.4) is 0 Å². The van der Waals surface area contributed by atoms with Gasteiger partial charge in [-0.15, -0.1) is 0 Å². The molecule has 181 valence electrons. The van der Waals surface area contributed by atoms with Gasteiger partial charge in [0.1, 0.15) is 18.2 Å².